The molecule has 0 saturated carbocycles. The molecule has 0 unspecified atom stereocenters. The Bertz CT molecular complexity index is 816. The third-order valence-electron chi connectivity index (χ3n) is 3.18. The van der Waals surface area contributed by atoms with Crippen LogP contribution in [0.1, 0.15) is 5.82 Å². The van der Waals surface area contributed by atoms with Crippen molar-refractivity contribution in [3.05, 3.63) is 60.6 Å². The molecule has 0 fully saturated rings. The van der Waals surface area contributed by atoms with Gasteiger partial charge in [-0.05, 0) is 11.0 Å². The smallest absolute Gasteiger partial charge is 0.342 e. The van der Waals surface area contributed by atoms with Crippen molar-refractivity contribution in [1.82, 2.24) is 9.55 Å². The molecule has 1 aromatic carbocycles. The molecular weight excluding hydrogens is 326 g/mol. The highest BCUT2D eigenvalue weighted by Crippen LogP contribution is 2.31. The largest absolute Gasteiger partial charge is 0.486 e. The fourth-order valence-corrected chi connectivity index (χ4v) is 1.98. The highest BCUT2D eigenvalue weighted by molar-refractivity contribution is 5.53. The van der Waals surface area contributed by atoms with Gasteiger partial charge in [-0.3, -0.25) is 20.2 Å². The van der Waals surface area contributed by atoms with E-state index in [2.05, 4.69) is 4.98 Å². The van der Waals surface area contributed by atoms with Crippen LogP contribution in [-0.4, -0.2) is 30.9 Å². The van der Waals surface area contributed by atoms with Crippen LogP contribution in [0.5, 0.6) is 5.75 Å². The number of nitrogens with zero attached hydrogens (tertiary/aromatic N) is 5. The van der Waals surface area contributed by atoms with Gasteiger partial charge in [0.15, 0.2) is 11.6 Å². The highest BCUT2D eigenvalue weighted by Gasteiger charge is 2.21. The van der Waals surface area contributed by atoms with Crippen LogP contribution in [0.25, 0.3) is 0 Å². The molecule has 0 aliphatic heterocycles. The van der Waals surface area contributed by atoms with Gasteiger partial charge in [0.2, 0.25) is 0 Å². The first-order valence-electron chi connectivity index (χ1n) is 6.52. The summed E-state index contributed by atoms with van der Waals surface area (Å²) >= 11 is 0. The van der Waals surface area contributed by atoms with Crippen molar-refractivity contribution >= 4 is 17.2 Å². The van der Waals surface area contributed by atoms with Crippen molar-refractivity contribution in [2.75, 3.05) is 6.61 Å². The molecule has 0 spiro atoms. The quantitative estimate of drug-likeness (QED) is 0.546. The second-order valence-corrected chi connectivity index (χ2v) is 4.61. The Morgan fingerprint density at radius 2 is 1.83 bits per heavy atom. The van der Waals surface area contributed by atoms with Gasteiger partial charge in [0.05, 0.1) is 36.0 Å². The van der Waals surface area contributed by atoms with E-state index in [-0.39, 0.29) is 24.6 Å². The van der Waals surface area contributed by atoms with Gasteiger partial charge in [0.1, 0.15) is 6.20 Å². The lowest BCUT2D eigenvalue weighted by Crippen LogP contribution is -2.08. The van der Waals surface area contributed by atoms with Gasteiger partial charge in [0.25, 0.3) is 5.69 Å². The number of ether oxygens (including phenoxy) is 1. The van der Waals surface area contributed by atoms with Crippen LogP contribution < -0.4 is 4.74 Å². The first kappa shape index (κ1) is 16.8. The van der Waals surface area contributed by atoms with E-state index in [0.29, 0.717) is 5.82 Å². The summed E-state index contributed by atoms with van der Waals surface area (Å²) in [6.07, 6.45) is 1.27. The van der Waals surface area contributed by atoms with Gasteiger partial charge >= 0.3 is 11.5 Å². The number of non-ortho nitro benzene ring substituents is 1. The maximum atomic E-state index is 11.0. The summed E-state index contributed by atoms with van der Waals surface area (Å²) in [6, 6.07) is 3.03. The van der Waals surface area contributed by atoms with E-state index >= 15 is 0 Å². The maximum Gasteiger partial charge on any atom is 0.342 e. The van der Waals surface area contributed by atoms with E-state index in [1.54, 1.807) is 0 Å². The second-order valence-electron chi connectivity index (χ2n) is 4.61. The van der Waals surface area contributed by atoms with Crippen LogP contribution >= 0.6 is 0 Å². The molecule has 2 rings (SSSR count). The molecule has 0 N–H and O–H groups in total. The predicted molar refractivity (Wildman–Crippen MR) is 78.8 cm³/mol. The number of imidazole rings is 1. The Kier molecular flexibility index (Phi) is 4.68. The number of aromatic nitrogens is 2. The molecule has 0 bridgehead atoms. The molecule has 0 aliphatic rings. The third-order valence-corrected chi connectivity index (χ3v) is 3.18. The summed E-state index contributed by atoms with van der Waals surface area (Å²) in [5.74, 6) is 0.0480. The summed E-state index contributed by atoms with van der Waals surface area (Å²) in [6.45, 7) is -0.0410. The van der Waals surface area contributed by atoms with Crippen LogP contribution in [0.4, 0.5) is 17.2 Å². The van der Waals surface area contributed by atoms with Crippen LogP contribution in [0.15, 0.2) is 24.4 Å². The first-order valence-corrected chi connectivity index (χ1v) is 6.52. The summed E-state index contributed by atoms with van der Waals surface area (Å²) in [7, 11) is 1.47. The molecule has 2 aromatic rings. The van der Waals surface area contributed by atoms with E-state index in [1.807, 2.05) is 0 Å². The number of rotatable bonds is 7. The Morgan fingerprint density at radius 3 is 2.38 bits per heavy atom. The minimum Gasteiger partial charge on any atom is -0.486 e. The molecule has 126 valence electrons. The Labute approximate surface area is 133 Å². The average Bonchev–Trinajstić information content (AvgIpc) is 2.88. The molecule has 0 amide bonds. The number of nitro benzene ring substituents is 2. The van der Waals surface area contributed by atoms with Crippen molar-refractivity contribution in [3.63, 3.8) is 0 Å². The zero-order valence-corrected chi connectivity index (χ0v) is 12.3. The molecule has 12 heteroatoms. The number of hydrogen-bond acceptors (Lipinski definition) is 8. The normalized spacial score (nSPS) is 10.4. The van der Waals surface area contributed by atoms with Crippen LogP contribution in [0, 0.1) is 30.3 Å². The van der Waals surface area contributed by atoms with Gasteiger partial charge in [-0.2, -0.15) is 0 Å². The fourth-order valence-electron chi connectivity index (χ4n) is 1.98. The van der Waals surface area contributed by atoms with Crippen molar-refractivity contribution in [1.29, 1.82) is 0 Å². The molecule has 0 radical (unpaired) electrons. The number of hydrogen-bond donors (Lipinski definition) is 0. The van der Waals surface area contributed by atoms with Crippen LogP contribution in [0.2, 0.25) is 0 Å². The lowest BCUT2D eigenvalue weighted by Gasteiger charge is -2.05. The average molecular weight is 337 g/mol. The van der Waals surface area contributed by atoms with Gasteiger partial charge in [-0.15, -0.1) is 0 Å². The van der Waals surface area contributed by atoms with E-state index in [1.165, 1.54) is 11.6 Å². The van der Waals surface area contributed by atoms with Gasteiger partial charge in [-0.1, -0.05) is 0 Å². The van der Waals surface area contributed by atoms with E-state index in [0.717, 1.165) is 24.4 Å². The van der Waals surface area contributed by atoms with Crippen molar-refractivity contribution in [2.24, 2.45) is 7.05 Å². The predicted octanol–water partition coefficient (Wildman–Crippen LogP) is 1.77. The molecule has 0 aliphatic carbocycles. The van der Waals surface area contributed by atoms with E-state index in [4.69, 9.17) is 4.74 Å². The summed E-state index contributed by atoms with van der Waals surface area (Å²) in [5.41, 5.74) is -0.955. The number of benzene rings is 1. The Hall–Kier alpha value is -3.57. The van der Waals surface area contributed by atoms with Gasteiger partial charge in [-0.25, -0.2) is 9.55 Å². The number of nitro groups is 3. The lowest BCUT2D eigenvalue weighted by atomic mass is 10.2. The zero-order chi connectivity index (χ0) is 17.9. The zero-order valence-electron chi connectivity index (χ0n) is 12.3. The minimum absolute atomic E-state index is 0.0410. The molecule has 12 nitrogen and oxygen atoms in total. The Morgan fingerprint density at radius 1 is 1.12 bits per heavy atom. The summed E-state index contributed by atoms with van der Waals surface area (Å²) < 4.78 is 6.55. The SMILES string of the molecule is Cn1c([N+](=O)[O-])cnc1CCOc1ccc([N+](=O)[O-])cc1[N+](=O)[O-]. The molecule has 0 atom stereocenters. The standard InChI is InChI=1S/C12H11N5O7/c1-14-11(13-7-12(14)17(22)23)4-5-24-10-3-2-8(15(18)19)6-9(10)16(20)21/h2-3,6-7H,4-5H2,1H3. The molecule has 1 aromatic heterocycles. The van der Waals surface area contributed by atoms with Crippen molar-refractivity contribution in [3.8, 4) is 5.75 Å². The molecule has 0 saturated heterocycles. The monoisotopic (exact) mass is 337 g/mol. The van der Waals surface area contributed by atoms with Crippen LogP contribution in [0.3, 0.4) is 0 Å². The fraction of sp³-hybridized carbons (Fsp3) is 0.250. The van der Waals surface area contributed by atoms with Crippen molar-refractivity contribution < 1.29 is 19.5 Å². The molecule has 1 heterocycles. The van der Waals surface area contributed by atoms with E-state index < -0.39 is 26.1 Å². The molecular formula is C12H11N5O7. The lowest BCUT2D eigenvalue weighted by molar-refractivity contribution is -0.394. The van der Waals surface area contributed by atoms with Crippen molar-refractivity contribution in [2.45, 2.75) is 6.42 Å². The second kappa shape index (κ2) is 6.68. The topological polar surface area (TPSA) is 156 Å². The van der Waals surface area contributed by atoms with Gasteiger partial charge in [0, 0.05) is 6.07 Å². The summed E-state index contributed by atoms with van der Waals surface area (Å²) in [4.78, 5) is 34.1. The first-order chi connectivity index (χ1) is 11.3. The van der Waals surface area contributed by atoms with Gasteiger partial charge < -0.3 is 14.9 Å². The molecule has 24 heavy (non-hydrogen) atoms. The summed E-state index contributed by atoms with van der Waals surface area (Å²) in [5, 5.41) is 32.4. The maximum absolute atomic E-state index is 11.0. The Balaban J connectivity index is 2.11. The third kappa shape index (κ3) is 3.43. The highest BCUT2D eigenvalue weighted by atomic mass is 16.6. The minimum atomic E-state index is -0.784. The van der Waals surface area contributed by atoms with E-state index in [9.17, 15) is 30.3 Å². The van der Waals surface area contributed by atoms with Crippen LogP contribution in [-0.2, 0) is 13.5 Å².